The summed E-state index contributed by atoms with van der Waals surface area (Å²) in [5.74, 6) is 0.799. The molecule has 0 radical (unpaired) electrons. The highest BCUT2D eigenvalue weighted by Gasteiger charge is 2.12. The maximum absolute atomic E-state index is 13.3. The van der Waals surface area contributed by atoms with Crippen molar-refractivity contribution < 1.29 is 9.13 Å². The third kappa shape index (κ3) is 2.18. The van der Waals surface area contributed by atoms with Crippen LogP contribution in [0.3, 0.4) is 0 Å². The Bertz CT molecular complexity index is 531. The van der Waals surface area contributed by atoms with E-state index in [9.17, 15) is 4.39 Å². The van der Waals surface area contributed by atoms with Gasteiger partial charge in [0.05, 0.1) is 7.11 Å². The molecule has 88 valence electrons. The van der Waals surface area contributed by atoms with Crippen LogP contribution in [0.1, 0.15) is 0 Å². The molecule has 0 unspecified atom stereocenters. The number of ether oxygens (including phenoxy) is 1. The molecule has 0 aliphatic rings. The van der Waals surface area contributed by atoms with Crippen molar-refractivity contribution in [3.8, 4) is 17.0 Å². The van der Waals surface area contributed by atoms with E-state index in [4.69, 9.17) is 4.74 Å². The highest BCUT2D eigenvalue weighted by Crippen LogP contribution is 2.32. The second kappa shape index (κ2) is 4.78. The van der Waals surface area contributed by atoms with Crippen LogP contribution >= 0.6 is 0 Å². The van der Waals surface area contributed by atoms with Gasteiger partial charge in [0.1, 0.15) is 17.3 Å². The van der Waals surface area contributed by atoms with Crippen molar-refractivity contribution in [3.63, 3.8) is 0 Å². The summed E-state index contributed by atoms with van der Waals surface area (Å²) in [4.78, 5) is 8.32. The fraction of sp³-hybridized carbons (Fsp3) is 0.167. The SMILES string of the molecule is CNc1nccnc1-c1cc(F)ccc1OC. The Kier molecular flexibility index (Phi) is 3.18. The third-order valence-corrected chi connectivity index (χ3v) is 2.35. The highest BCUT2D eigenvalue weighted by atomic mass is 19.1. The van der Waals surface area contributed by atoms with Crippen LogP contribution < -0.4 is 10.1 Å². The number of hydrogen-bond donors (Lipinski definition) is 1. The fourth-order valence-corrected chi connectivity index (χ4v) is 1.58. The van der Waals surface area contributed by atoms with E-state index in [2.05, 4.69) is 15.3 Å². The molecule has 0 saturated heterocycles. The van der Waals surface area contributed by atoms with Crippen molar-refractivity contribution >= 4 is 5.82 Å². The van der Waals surface area contributed by atoms with Gasteiger partial charge in [-0.2, -0.15) is 0 Å². The van der Waals surface area contributed by atoms with Crippen molar-refractivity contribution in [1.82, 2.24) is 9.97 Å². The van der Waals surface area contributed by atoms with Crippen LogP contribution in [0.5, 0.6) is 5.75 Å². The van der Waals surface area contributed by atoms with E-state index in [1.165, 1.54) is 19.2 Å². The number of methoxy groups -OCH3 is 1. The molecule has 0 saturated carbocycles. The normalized spacial score (nSPS) is 10.1. The lowest BCUT2D eigenvalue weighted by atomic mass is 10.1. The van der Waals surface area contributed by atoms with Gasteiger partial charge in [-0.3, -0.25) is 4.98 Å². The molecular weight excluding hydrogens is 221 g/mol. The average Bonchev–Trinajstić information content (AvgIpc) is 2.38. The van der Waals surface area contributed by atoms with Crippen LogP contribution in [0.15, 0.2) is 30.6 Å². The minimum Gasteiger partial charge on any atom is -0.496 e. The average molecular weight is 233 g/mol. The lowest BCUT2D eigenvalue weighted by Crippen LogP contribution is -1.99. The predicted octanol–water partition coefficient (Wildman–Crippen LogP) is 2.33. The van der Waals surface area contributed by atoms with Gasteiger partial charge in [0, 0.05) is 25.0 Å². The van der Waals surface area contributed by atoms with Crippen molar-refractivity contribution in [3.05, 3.63) is 36.4 Å². The smallest absolute Gasteiger partial charge is 0.152 e. The van der Waals surface area contributed by atoms with Gasteiger partial charge in [0.15, 0.2) is 5.82 Å². The molecule has 0 amide bonds. The summed E-state index contributed by atoms with van der Waals surface area (Å²) in [6.07, 6.45) is 3.13. The zero-order valence-corrected chi connectivity index (χ0v) is 9.57. The molecule has 4 nitrogen and oxygen atoms in total. The Morgan fingerprint density at radius 3 is 2.71 bits per heavy atom. The highest BCUT2D eigenvalue weighted by molar-refractivity contribution is 5.75. The van der Waals surface area contributed by atoms with E-state index >= 15 is 0 Å². The van der Waals surface area contributed by atoms with Crippen LogP contribution in [-0.4, -0.2) is 24.1 Å². The van der Waals surface area contributed by atoms with Gasteiger partial charge >= 0.3 is 0 Å². The lowest BCUT2D eigenvalue weighted by molar-refractivity contribution is 0.415. The number of nitrogens with one attached hydrogen (secondary N) is 1. The van der Waals surface area contributed by atoms with Gasteiger partial charge < -0.3 is 10.1 Å². The first-order chi connectivity index (χ1) is 8.26. The molecule has 5 heteroatoms. The second-order valence-corrected chi connectivity index (χ2v) is 3.35. The summed E-state index contributed by atoms with van der Waals surface area (Å²) in [5.41, 5.74) is 1.14. The maximum atomic E-state index is 13.3. The summed E-state index contributed by atoms with van der Waals surface area (Å²) in [6, 6.07) is 4.29. The standard InChI is InChI=1S/C12H12FN3O/c1-14-12-11(15-5-6-16-12)9-7-8(13)3-4-10(9)17-2/h3-7H,1-2H3,(H,14,16). The van der Waals surface area contributed by atoms with E-state index < -0.39 is 0 Å². The quantitative estimate of drug-likeness (QED) is 0.883. The van der Waals surface area contributed by atoms with E-state index in [-0.39, 0.29) is 5.82 Å². The molecule has 1 aromatic heterocycles. The fourth-order valence-electron chi connectivity index (χ4n) is 1.58. The number of aromatic nitrogens is 2. The van der Waals surface area contributed by atoms with Crippen molar-refractivity contribution in [2.24, 2.45) is 0 Å². The monoisotopic (exact) mass is 233 g/mol. The summed E-state index contributed by atoms with van der Waals surface area (Å²) >= 11 is 0. The van der Waals surface area contributed by atoms with E-state index in [0.717, 1.165) is 0 Å². The van der Waals surface area contributed by atoms with E-state index in [1.807, 2.05) is 0 Å². The summed E-state index contributed by atoms with van der Waals surface area (Å²) in [6.45, 7) is 0. The van der Waals surface area contributed by atoms with Crippen LogP contribution in [0.25, 0.3) is 11.3 Å². The lowest BCUT2D eigenvalue weighted by Gasteiger charge is -2.10. The van der Waals surface area contributed by atoms with Crippen molar-refractivity contribution in [1.29, 1.82) is 0 Å². The summed E-state index contributed by atoms with van der Waals surface area (Å²) in [5, 5.41) is 2.91. The van der Waals surface area contributed by atoms with Crippen LogP contribution in [0.4, 0.5) is 10.2 Å². The van der Waals surface area contributed by atoms with Crippen LogP contribution in [-0.2, 0) is 0 Å². The number of benzene rings is 1. The zero-order valence-electron chi connectivity index (χ0n) is 9.57. The van der Waals surface area contributed by atoms with Gasteiger partial charge in [0.25, 0.3) is 0 Å². The second-order valence-electron chi connectivity index (χ2n) is 3.35. The third-order valence-electron chi connectivity index (χ3n) is 2.35. The first-order valence-electron chi connectivity index (χ1n) is 5.09. The molecule has 0 fully saturated rings. The Morgan fingerprint density at radius 1 is 1.24 bits per heavy atom. The predicted molar refractivity (Wildman–Crippen MR) is 63.5 cm³/mol. The Morgan fingerprint density at radius 2 is 2.00 bits per heavy atom. The first-order valence-corrected chi connectivity index (χ1v) is 5.09. The number of rotatable bonds is 3. The minimum absolute atomic E-state index is 0.339. The molecule has 0 spiro atoms. The van der Waals surface area contributed by atoms with E-state index in [1.54, 1.807) is 25.5 Å². The largest absolute Gasteiger partial charge is 0.496 e. The molecule has 2 aromatic rings. The van der Waals surface area contributed by atoms with Gasteiger partial charge in [-0.15, -0.1) is 0 Å². The summed E-state index contributed by atoms with van der Waals surface area (Å²) in [7, 11) is 3.27. The van der Waals surface area contributed by atoms with Crippen LogP contribution in [0, 0.1) is 5.82 Å². The van der Waals surface area contributed by atoms with Gasteiger partial charge in [-0.05, 0) is 18.2 Å². The van der Waals surface area contributed by atoms with Gasteiger partial charge in [0.2, 0.25) is 0 Å². The Balaban J connectivity index is 2.62. The molecule has 1 heterocycles. The van der Waals surface area contributed by atoms with Gasteiger partial charge in [-0.1, -0.05) is 0 Å². The maximum Gasteiger partial charge on any atom is 0.152 e. The van der Waals surface area contributed by atoms with Crippen molar-refractivity contribution in [2.75, 3.05) is 19.5 Å². The molecular formula is C12H12FN3O. The Labute approximate surface area is 98.5 Å². The Hall–Kier alpha value is -2.17. The van der Waals surface area contributed by atoms with Crippen molar-refractivity contribution in [2.45, 2.75) is 0 Å². The molecule has 0 bridgehead atoms. The molecule has 1 aromatic carbocycles. The molecule has 1 N–H and O–H groups in total. The number of halogens is 1. The molecule has 0 aliphatic carbocycles. The first kappa shape index (κ1) is 11.3. The minimum atomic E-state index is -0.339. The summed E-state index contributed by atoms with van der Waals surface area (Å²) < 4.78 is 18.5. The molecule has 0 aliphatic heterocycles. The number of nitrogens with zero attached hydrogens (tertiary/aromatic N) is 2. The zero-order chi connectivity index (χ0) is 12.3. The molecule has 17 heavy (non-hydrogen) atoms. The molecule has 0 atom stereocenters. The number of hydrogen-bond acceptors (Lipinski definition) is 4. The molecule has 2 rings (SSSR count). The van der Waals surface area contributed by atoms with Crippen LogP contribution in [0.2, 0.25) is 0 Å². The van der Waals surface area contributed by atoms with Gasteiger partial charge in [-0.25, -0.2) is 9.37 Å². The topological polar surface area (TPSA) is 47.0 Å². The number of anilines is 1. The van der Waals surface area contributed by atoms with E-state index in [0.29, 0.717) is 22.8 Å².